The Hall–Kier alpha value is -2.00. The first-order valence-corrected chi connectivity index (χ1v) is 13.7. The van der Waals surface area contributed by atoms with Gasteiger partial charge in [-0.15, -0.1) is 0 Å². The maximum atomic E-state index is 13.6. The number of nitrogens with zero attached hydrogens (tertiary/aromatic N) is 2. The smallest absolute Gasteiger partial charge is 0.249 e. The first-order chi connectivity index (χ1) is 17.4. The second-order valence-corrected chi connectivity index (χ2v) is 10.9. The third kappa shape index (κ3) is 7.28. The van der Waals surface area contributed by atoms with Crippen LogP contribution in [0, 0.1) is 6.92 Å². The number of piperidine rings is 1. The van der Waals surface area contributed by atoms with Gasteiger partial charge in [0.05, 0.1) is 6.10 Å². The number of benzene rings is 1. The zero-order valence-corrected chi connectivity index (χ0v) is 22.0. The van der Waals surface area contributed by atoms with Gasteiger partial charge in [-0.3, -0.25) is 14.5 Å². The van der Waals surface area contributed by atoms with E-state index in [1.54, 1.807) is 4.90 Å². The quantitative estimate of drug-likeness (QED) is 0.540. The maximum absolute atomic E-state index is 13.6. The van der Waals surface area contributed by atoms with Crippen molar-refractivity contribution in [3.05, 3.63) is 35.4 Å². The van der Waals surface area contributed by atoms with Gasteiger partial charge in [-0.1, -0.05) is 29.8 Å². The summed E-state index contributed by atoms with van der Waals surface area (Å²) >= 11 is 0. The molecule has 36 heavy (non-hydrogen) atoms. The molecule has 3 aliphatic rings. The number of carbonyl (C=O) groups is 2. The Morgan fingerprint density at radius 2 is 1.89 bits per heavy atom. The van der Waals surface area contributed by atoms with E-state index in [1.165, 1.54) is 18.2 Å². The Morgan fingerprint density at radius 1 is 1.14 bits per heavy atom. The van der Waals surface area contributed by atoms with Crippen LogP contribution in [0.25, 0.3) is 0 Å². The second-order valence-electron chi connectivity index (χ2n) is 10.9. The fraction of sp³-hybridized carbons (Fsp3) is 0.714. The third-order valence-corrected chi connectivity index (χ3v) is 8.07. The van der Waals surface area contributed by atoms with E-state index < -0.39 is 6.04 Å². The van der Waals surface area contributed by atoms with E-state index in [4.69, 9.17) is 15.2 Å². The molecule has 8 nitrogen and oxygen atoms in total. The van der Waals surface area contributed by atoms with E-state index in [1.807, 2.05) is 0 Å². The molecule has 4 rings (SSSR count). The molecule has 1 aliphatic carbocycles. The Labute approximate surface area is 215 Å². The Kier molecular flexibility index (Phi) is 9.76. The van der Waals surface area contributed by atoms with Gasteiger partial charge in [-0.25, -0.2) is 0 Å². The molecule has 1 aromatic rings. The summed E-state index contributed by atoms with van der Waals surface area (Å²) in [4.78, 5) is 30.7. The predicted octanol–water partition coefficient (Wildman–Crippen LogP) is 2.37. The van der Waals surface area contributed by atoms with Gasteiger partial charge >= 0.3 is 0 Å². The molecule has 2 unspecified atom stereocenters. The Balaban J connectivity index is 1.49. The Bertz CT molecular complexity index is 850. The first-order valence-electron chi connectivity index (χ1n) is 13.7. The number of methoxy groups -OCH3 is 1. The van der Waals surface area contributed by atoms with E-state index in [9.17, 15) is 9.59 Å². The summed E-state index contributed by atoms with van der Waals surface area (Å²) in [5.74, 6) is -0.164. The van der Waals surface area contributed by atoms with Crippen molar-refractivity contribution in [2.45, 2.75) is 95.1 Å². The molecule has 3 atom stereocenters. The topological polar surface area (TPSA) is 97.1 Å². The van der Waals surface area contributed by atoms with Crippen LogP contribution < -0.4 is 11.1 Å². The molecule has 2 saturated heterocycles. The molecule has 1 saturated carbocycles. The van der Waals surface area contributed by atoms with Crippen molar-refractivity contribution < 1.29 is 19.1 Å². The molecular formula is C28H44N4O4. The van der Waals surface area contributed by atoms with Crippen LogP contribution in [0.4, 0.5) is 0 Å². The summed E-state index contributed by atoms with van der Waals surface area (Å²) < 4.78 is 11.1. The normalized spacial score (nSPS) is 28.9. The van der Waals surface area contributed by atoms with Crippen molar-refractivity contribution in [1.82, 2.24) is 15.1 Å². The van der Waals surface area contributed by atoms with Crippen LogP contribution in [0.15, 0.2) is 24.3 Å². The van der Waals surface area contributed by atoms with Crippen molar-refractivity contribution in [2.24, 2.45) is 5.73 Å². The largest absolute Gasteiger partial charge is 0.377 e. The number of likely N-dealkylation sites (tertiary alicyclic amines) is 1. The zero-order valence-electron chi connectivity index (χ0n) is 22.0. The fourth-order valence-corrected chi connectivity index (χ4v) is 5.91. The summed E-state index contributed by atoms with van der Waals surface area (Å²) in [5, 5.41) is 3.25. The van der Waals surface area contributed by atoms with E-state index in [0.29, 0.717) is 13.0 Å². The van der Waals surface area contributed by atoms with Crippen LogP contribution in [-0.4, -0.2) is 85.3 Å². The standard InChI is InChI=1S/C28H44N4O4/c1-20-5-7-21(8-6-20)17-31(18-25-4-3-15-36-25)24-13-14-32(27(33)19-35-2)26(16-24)28(34)30-23-11-9-22(29)10-12-23/h5-8,22-26H,3-4,9-19,29H2,1-2H3,(H,30,34)/t22?,23?,24?,25?,26-/m1/s1. The molecular weight excluding hydrogens is 456 g/mol. The van der Waals surface area contributed by atoms with Crippen molar-refractivity contribution >= 4 is 11.8 Å². The van der Waals surface area contributed by atoms with Gasteiger partial charge in [-0.05, 0) is 63.9 Å². The lowest BCUT2D eigenvalue weighted by Crippen LogP contribution is -2.59. The van der Waals surface area contributed by atoms with Gasteiger partial charge < -0.3 is 25.4 Å². The number of hydrogen-bond donors (Lipinski definition) is 2. The highest BCUT2D eigenvalue weighted by molar-refractivity contribution is 5.88. The van der Waals surface area contributed by atoms with E-state index in [0.717, 1.165) is 64.6 Å². The van der Waals surface area contributed by atoms with E-state index >= 15 is 0 Å². The highest BCUT2D eigenvalue weighted by Crippen LogP contribution is 2.27. The summed E-state index contributed by atoms with van der Waals surface area (Å²) in [5.41, 5.74) is 8.57. The van der Waals surface area contributed by atoms with Gasteiger partial charge in [0, 0.05) is 51.5 Å². The zero-order chi connectivity index (χ0) is 25.5. The van der Waals surface area contributed by atoms with Gasteiger partial charge in [-0.2, -0.15) is 0 Å². The van der Waals surface area contributed by atoms with Crippen LogP contribution in [-0.2, 0) is 25.6 Å². The molecule has 2 amide bonds. The lowest BCUT2D eigenvalue weighted by Gasteiger charge is -2.44. The first kappa shape index (κ1) is 27.0. The minimum Gasteiger partial charge on any atom is -0.377 e. The monoisotopic (exact) mass is 500 g/mol. The number of nitrogens with two attached hydrogens (primary N) is 1. The van der Waals surface area contributed by atoms with Crippen LogP contribution >= 0.6 is 0 Å². The van der Waals surface area contributed by atoms with Gasteiger partial charge in [0.15, 0.2) is 0 Å². The molecule has 0 spiro atoms. The SMILES string of the molecule is COCC(=O)N1CCC(N(Cc2ccc(C)cc2)CC2CCCO2)C[C@@H]1C(=O)NC1CCC(N)CC1. The summed E-state index contributed by atoms with van der Waals surface area (Å²) in [7, 11) is 1.52. The highest BCUT2D eigenvalue weighted by atomic mass is 16.5. The molecule has 3 N–H and O–H groups in total. The van der Waals surface area contributed by atoms with Crippen LogP contribution in [0.3, 0.4) is 0 Å². The maximum Gasteiger partial charge on any atom is 0.249 e. The average molecular weight is 501 g/mol. The van der Waals surface area contributed by atoms with Crippen molar-refractivity contribution in [1.29, 1.82) is 0 Å². The number of carbonyl (C=O) groups excluding carboxylic acids is 2. The number of ether oxygens (including phenoxy) is 2. The Morgan fingerprint density at radius 3 is 2.56 bits per heavy atom. The van der Waals surface area contributed by atoms with E-state index in [2.05, 4.69) is 41.4 Å². The number of nitrogens with one attached hydrogen (secondary N) is 1. The molecule has 0 bridgehead atoms. The van der Waals surface area contributed by atoms with Crippen LogP contribution in [0.5, 0.6) is 0 Å². The van der Waals surface area contributed by atoms with Gasteiger partial charge in [0.2, 0.25) is 11.8 Å². The second kappa shape index (κ2) is 13.0. The van der Waals surface area contributed by atoms with E-state index in [-0.39, 0.29) is 42.7 Å². The molecule has 1 aromatic carbocycles. The third-order valence-electron chi connectivity index (χ3n) is 8.07. The number of hydrogen-bond acceptors (Lipinski definition) is 6. The summed E-state index contributed by atoms with van der Waals surface area (Å²) in [6.45, 7) is 5.13. The van der Waals surface area contributed by atoms with Crippen LogP contribution in [0.2, 0.25) is 0 Å². The minimum atomic E-state index is -0.494. The van der Waals surface area contributed by atoms with Gasteiger partial charge in [0.25, 0.3) is 0 Å². The molecule has 0 radical (unpaired) electrons. The number of rotatable bonds is 9. The number of aryl methyl sites for hydroxylation is 1. The summed E-state index contributed by atoms with van der Waals surface area (Å²) in [6, 6.07) is 8.73. The molecule has 3 fully saturated rings. The van der Waals surface area contributed by atoms with Crippen molar-refractivity contribution in [2.75, 3.05) is 33.4 Å². The lowest BCUT2D eigenvalue weighted by atomic mass is 9.90. The van der Waals surface area contributed by atoms with Gasteiger partial charge in [0.1, 0.15) is 12.6 Å². The molecule has 2 heterocycles. The van der Waals surface area contributed by atoms with Crippen molar-refractivity contribution in [3.8, 4) is 0 Å². The molecule has 200 valence electrons. The van der Waals surface area contributed by atoms with Crippen LogP contribution in [0.1, 0.15) is 62.5 Å². The van der Waals surface area contributed by atoms with Crippen molar-refractivity contribution in [3.63, 3.8) is 0 Å². The summed E-state index contributed by atoms with van der Waals surface area (Å²) in [6.07, 6.45) is 7.49. The lowest BCUT2D eigenvalue weighted by molar-refractivity contribution is -0.147. The predicted molar refractivity (Wildman–Crippen MR) is 139 cm³/mol. The fourth-order valence-electron chi connectivity index (χ4n) is 5.91. The number of amides is 2. The average Bonchev–Trinajstić information content (AvgIpc) is 3.39. The minimum absolute atomic E-state index is 0.00424. The molecule has 0 aromatic heterocycles. The molecule has 8 heteroatoms. The molecule has 2 aliphatic heterocycles. The highest BCUT2D eigenvalue weighted by Gasteiger charge is 2.39.